The van der Waals surface area contributed by atoms with Crippen molar-refractivity contribution in [3.05, 3.63) is 47.2 Å². The normalized spacial score (nSPS) is 18.4. The van der Waals surface area contributed by atoms with E-state index in [0.29, 0.717) is 34.9 Å². The summed E-state index contributed by atoms with van der Waals surface area (Å²) in [4.78, 5) is 19.7. The Kier molecular flexibility index (Phi) is 6.12. The second kappa shape index (κ2) is 8.29. The number of benzene rings is 1. The first-order chi connectivity index (χ1) is 14.0. The third-order valence-electron chi connectivity index (χ3n) is 5.25. The molecule has 0 bridgehead atoms. The molecular formula is C21H26F2N4O2S. The summed E-state index contributed by atoms with van der Waals surface area (Å²) in [6, 6.07) is 8.07. The molecule has 1 amide bonds. The highest BCUT2D eigenvalue weighted by Gasteiger charge is 2.33. The fourth-order valence-electron chi connectivity index (χ4n) is 3.39. The predicted molar refractivity (Wildman–Crippen MR) is 114 cm³/mol. The first-order valence-corrected chi connectivity index (χ1v) is 11.7. The standard InChI is InChI=1S/C21H26F2N4O2S/c1-14-12-18(20(28)26-16-6-4-7-17(13-16)30(3,24)29)19(25-15(14)2)27-10-5-8-21(22,23)9-11-27/h4,6-7,12-13,24H,5,8-11H2,1-3H3,(H,26,28). The number of nitrogens with zero attached hydrogens (tertiary/aromatic N) is 2. The lowest BCUT2D eigenvalue weighted by Crippen LogP contribution is -2.29. The highest BCUT2D eigenvalue weighted by molar-refractivity contribution is 7.91. The van der Waals surface area contributed by atoms with E-state index >= 15 is 0 Å². The zero-order chi connectivity index (χ0) is 22.1. The van der Waals surface area contributed by atoms with Crippen molar-refractivity contribution in [2.24, 2.45) is 0 Å². The van der Waals surface area contributed by atoms with E-state index in [1.54, 1.807) is 29.2 Å². The Bertz CT molecular complexity index is 1070. The molecule has 0 radical (unpaired) electrons. The minimum absolute atomic E-state index is 0.120. The molecule has 1 unspecified atom stereocenters. The monoisotopic (exact) mass is 436 g/mol. The van der Waals surface area contributed by atoms with Gasteiger partial charge in [0.1, 0.15) is 5.82 Å². The predicted octanol–water partition coefficient (Wildman–Crippen LogP) is 4.61. The number of halogens is 2. The summed E-state index contributed by atoms with van der Waals surface area (Å²) in [5.74, 6) is -2.74. The lowest BCUT2D eigenvalue weighted by molar-refractivity contribution is -0.0102. The molecule has 1 atom stereocenters. The van der Waals surface area contributed by atoms with E-state index in [1.165, 1.54) is 12.3 Å². The molecule has 0 spiro atoms. The second-order valence-electron chi connectivity index (χ2n) is 7.78. The quantitative estimate of drug-likeness (QED) is 0.733. The van der Waals surface area contributed by atoms with Gasteiger partial charge in [0.25, 0.3) is 5.91 Å². The van der Waals surface area contributed by atoms with Crippen molar-refractivity contribution in [2.45, 2.75) is 43.9 Å². The van der Waals surface area contributed by atoms with Crippen LogP contribution in [-0.4, -0.2) is 40.4 Å². The van der Waals surface area contributed by atoms with Crippen molar-refractivity contribution in [3.63, 3.8) is 0 Å². The Morgan fingerprint density at radius 3 is 2.67 bits per heavy atom. The van der Waals surface area contributed by atoms with Gasteiger partial charge in [0.05, 0.1) is 15.3 Å². The van der Waals surface area contributed by atoms with Crippen molar-refractivity contribution in [1.82, 2.24) is 4.98 Å². The van der Waals surface area contributed by atoms with Gasteiger partial charge >= 0.3 is 0 Å². The van der Waals surface area contributed by atoms with Crippen LogP contribution in [0.25, 0.3) is 0 Å². The van der Waals surface area contributed by atoms with E-state index < -0.39 is 21.6 Å². The minimum atomic E-state index is -2.92. The Morgan fingerprint density at radius 2 is 1.97 bits per heavy atom. The van der Waals surface area contributed by atoms with Crippen LogP contribution in [-0.2, 0) is 9.73 Å². The number of aryl methyl sites for hydroxylation is 2. The lowest BCUT2D eigenvalue weighted by atomic mass is 10.1. The number of amides is 1. The van der Waals surface area contributed by atoms with Gasteiger partial charge in [0.15, 0.2) is 0 Å². The van der Waals surface area contributed by atoms with Gasteiger partial charge in [0, 0.05) is 48.5 Å². The number of carbonyl (C=O) groups is 1. The van der Waals surface area contributed by atoms with Crippen molar-refractivity contribution < 1.29 is 17.8 Å². The van der Waals surface area contributed by atoms with Crippen LogP contribution >= 0.6 is 0 Å². The molecule has 1 saturated heterocycles. The lowest BCUT2D eigenvalue weighted by Gasteiger charge is -2.25. The zero-order valence-corrected chi connectivity index (χ0v) is 18.1. The average Bonchev–Trinajstić information content (AvgIpc) is 2.83. The maximum atomic E-state index is 13.8. The molecule has 1 aromatic heterocycles. The second-order valence-corrected chi connectivity index (χ2v) is 9.94. The summed E-state index contributed by atoms with van der Waals surface area (Å²) in [5.41, 5.74) is 2.27. The summed E-state index contributed by atoms with van der Waals surface area (Å²) in [6.07, 6.45) is 1.18. The van der Waals surface area contributed by atoms with E-state index in [0.717, 1.165) is 11.3 Å². The van der Waals surface area contributed by atoms with Gasteiger partial charge in [0.2, 0.25) is 5.92 Å². The largest absolute Gasteiger partial charge is 0.356 e. The summed E-state index contributed by atoms with van der Waals surface area (Å²) < 4.78 is 47.4. The van der Waals surface area contributed by atoms with Gasteiger partial charge in [-0.2, -0.15) is 0 Å². The van der Waals surface area contributed by atoms with E-state index in [1.807, 2.05) is 13.8 Å². The van der Waals surface area contributed by atoms with E-state index in [9.17, 15) is 17.8 Å². The van der Waals surface area contributed by atoms with Crippen LogP contribution in [0.3, 0.4) is 0 Å². The Labute approximate surface area is 175 Å². The minimum Gasteiger partial charge on any atom is -0.356 e. The Balaban J connectivity index is 1.93. The number of alkyl halides is 2. The first kappa shape index (κ1) is 22.1. The van der Waals surface area contributed by atoms with Crippen molar-refractivity contribution >= 4 is 27.1 Å². The SMILES string of the molecule is Cc1cc(C(=O)Nc2cccc(S(C)(=N)=O)c2)c(N2CCCC(F)(F)CC2)nc1C. The molecule has 0 aliphatic carbocycles. The molecule has 0 saturated carbocycles. The van der Waals surface area contributed by atoms with Gasteiger partial charge in [-0.1, -0.05) is 6.07 Å². The number of hydrogen-bond acceptors (Lipinski definition) is 5. The average molecular weight is 437 g/mol. The Morgan fingerprint density at radius 1 is 1.23 bits per heavy atom. The summed E-state index contributed by atoms with van der Waals surface area (Å²) in [6.45, 7) is 4.18. The van der Waals surface area contributed by atoms with Crippen LogP contribution in [0.15, 0.2) is 35.2 Å². The number of nitrogens with one attached hydrogen (secondary N) is 2. The van der Waals surface area contributed by atoms with E-state index in [4.69, 9.17) is 4.78 Å². The van der Waals surface area contributed by atoms with Crippen LogP contribution in [0.5, 0.6) is 0 Å². The number of carbonyl (C=O) groups excluding carboxylic acids is 1. The number of hydrogen-bond donors (Lipinski definition) is 2. The van der Waals surface area contributed by atoms with Gasteiger partial charge < -0.3 is 10.2 Å². The van der Waals surface area contributed by atoms with Crippen LogP contribution in [0.1, 0.15) is 40.9 Å². The van der Waals surface area contributed by atoms with Crippen molar-refractivity contribution in [3.8, 4) is 0 Å². The maximum absolute atomic E-state index is 13.8. The third kappa shape index (κ3) is 5.13. The topological polar surface area (TPSA) is 86.2 Å². The molecule has 2 aromatic rings. The fraction of sp³-hybridized carbons (Fsp3) is 0.429. The first-order valence-electron chi connectivity index (χ1n) is 9.72. The van der Waals surface area contributed by atoms with Crippen LogP contribution in [0.4, 0.5) is 20.3 Å². The molecule has 162 valence electrons. The molecule has 6 nitrogen and oxygen atoms in total. The summed E-state index contributed by atoms with van der Waals surface area (Å²) in [7, 11) is -2.92. The molecule has 2 N–H and O–H groups in total. The highest BCUT2D eigenvalue weighted by atomic mass is 32.2. The molecule has 1 fully saturated rings. The third-order valence-corrected chi connectivity index (χ3v) is 6.40. The summed E-state index contributed by atoms with van der Waals surface area (Å²) >= 11 is 0. The molecule has 1 aliphatic rings. The number of pyridine rings is 1. The van der Waals surface area contributed by atoms with Crippen LogP contribution in [0, 0.1) is 18.6 Å². The van der Waals surface area contributed by atoms with E-state index in [-0.39, 0.29) is 19.4 Å². The number of aromatic nitrogens is 1. The maximum Gasteiger partial charge on any atom is 0.259 e. The van der Waals surface area contributed by atoms with Gasteiger partial charge in [-0.3, -0.25) is 4.79 Å². The smallest absolute Gasteiger partial charge is 0.259 e. The van der Waals surface area contributed by atoms with Crippen molar-refractivity contribution in [2.75, 3.05) is 29.6 Å². The van der Waals surface area contributed by atoms with Gasteiger partial charge in [-0.05, 0) is 50.1 Å². The molecule has 3 rings (SSSR count). The van der Waals surface area contributed by atoms with Gasteiger partial charge in [-0.15, -0.1) is 0 Å². The zero-order valence-electron chi connectivity index (χ0n) is 17.3. The molecular weight excluding hydrogens is 410 g/mol. The number of rotatable bonds is 4. The Hall–Kier alpha value is -2.55. The molecule has 1 aromatic carbocycles. The summed E-state index contributed by atoms with van der Waals surface area (Å²) in [5, 5.41) is 2.77. The van der Waals surface area contributed by atoms with Crippen LogP contribution in [0.2, 0.25) is 0 Å². The molecule has 2 heterocycles. The van der Waals surface area contributed by atoms with E-state index in [2.05, 4.69) is 10.3 Å². The molecule has 1 aliphatic heterocycles. The number of anilines is 2. The fourth-order valence-corrected chi connectivity index (χ4v) is 4.08. The highest BCUT2D eigenvalue weighted by Crippen LogP contribution is 2.31. The molecule has 30 heavy (non-hydrogen) atoms. The van der Waals surface area contributed by atoms with Crippen LogP contribution < -0.4 is 10.2 Å². The molecule has 9 heteroatoms. The van der Waals surface area contributed by atoms with Crippen molar-refractivity contribution in [1.29, 1.82) is 4.78 Å². The van der Waals surface area contributed by atoms with Gasteiger partial charge in [-0.25, -0.2) is 22.8 Å².